The van der Waals surface area contributed by atoms with E-state index in [0.29, 0.717) is 6.42 Å². The smallest absolute Gasteiger partial charge is 0.166 e. The second-order valence-corrected chi connectivity index (χ2v) is 6.18. The van der Waals surface area contributed by atoms with Gasteiger partial charge in [-0.2, -0.15) is 13.2 Å². The Morgan fingerprint density at radius 3 is 2.23 bits per heavy atom. The monoisotopic (exact) mass is 356 g/mol. The fourth-order valence-electron chi connectivity index (χ4n) is 2.47. The summed E-state index contributed by atoms with van der Waals surface area (Å²) in [5, 5.41) is 0. The van der Waals surface area contributed by atoms with Crippen LogP contribution in [0.3, 0.4) is 0 Å². The molecule has 2 aromatic carbocycles. The van der Waals surface area contributed by atoms with Gasteiger partial charge in [-0.3, -0.25) is 0 Å². The Labute approximate surface area is 153 Å². The molecular weight excluding hydrogens is 333 g/mol. The van der Waals surface area contributed by atoms with E-state index in [1.54, 1.807) is 0 Å². The molecule has 0 N–H and O–H groups in total. The SMILES string of the molecule is C=C(C/C=C\Cc1ccc(C(F)(F)F)cc1)CCC=Cc1ccccc1. The molecule has 0 radical (unpaired) electrons. The number of allylic oxidation sites excluding steroid dienone is 4. The summed E-state index contributed by atoms with van der Waals surface area (Å²) in [5.41, 5.74) is 2.59. The number of benzene rings is 2. The van der Waals surface area contributed by atoms with Gasteiger partial charge in [0.2, 0.25) is 0 Å². The van der Waals surface area contributed by atoms with Gasteiger partial charge in [-0.25, -0.2) is 0 Å². The van der Waals surface area contributed by atoms with E-state index in [-0.39, 0.29) is 0 Å². The van der Waals surface area contributed by atoms with Gasteiger partial charge in [0.1, 0.15) is 0 Å². The number of alkyl halides is 3. The summed E-state index contributed by atoms with van der Waals surface area (Å²) in [7, 11) is 0. The summed E-state index contributed by atoms with van der Waals surface area (Å²) in [6, 6.07) is 15.5. The van der Waals surface area contributed by atoms with Crippen LogP contribution in [0.2, 0.25) is 0 Å². The highest BCUT2D eigenvalue weighted by atomic mass is 19.4. The van der Waals surface area contributed by atoms with E-state index in [0.717, 1.165) is 42.5 Å². The van der Waals surface area contributed by atoms with Crippen molar-refractivity contribution in [1.82, 2.24) is 0 Å². The van der Waals surface area contributed by atoms with E-state index in [1.165, 1.54) is 17.7 Å². The predicted octanol–water partition coefficient (Wildman–Crippen LogP) is 7.24. The van der Waals surface area contributed by atoms with Crippen LogP contribution in [0.1, 0.15) is 36.0 Å². The molecule has 0 fully saturated rings. The predicted molar refractivity (Wildman–Crippen MR) is 103 cm³/mol. The molecule has 0 amide bonds. The van der Waals surface area contributed by atoms with Crippen LogP contribution >= 0.6 is 0 Å². The van der Waals surface area contributed by atoms with Crippen LogP contribution in [0.4, 0.5) is 13.2 Å². The number of halogens is 3. The van der Waals surface area contributed by atoms with E-state index in [4.69, 9.17) is 0 Å². The highest BCUT2D eigenvalue weighted by Crippen LogP contribution is 2.29. The molecule has 2 rings (SSSR count). The molecule has 0 saturated carbocycles. The van der Waals surface area contributed by atoms with Crippen molar-refractivity contribution in [3.63, 3.8) is 0 Å². The molecule has 0 heterocycles. The molecule has 136 valence electrons. The average molecular weight is 356 g/mol. The normalized spacial score (nSPS) is 12.1. The van der Waals surface area contributed by atoms with E-state index in [2.05, 4.69) is 30.9 Å². The Bertz CT molecular complexity index is 735. The summed E-state index contributed by atoms with van der Waals surface area (Å²) in [4.78, 5) is 0. The fraction of sp³-hybridized carbons (Fsp3) is 0.217. The lowest BCUT2D eigenvalue weighted by Crippen LogP contribution is -2.04. The van der Waals surface area contributed by atoms with E-state index in [9.17, 15) is 13.2 Å². The van der Waals surface area contributed by atoms with Gasteiger partial charge in [0.05, 0.1) is 5.56 Å². The first kappa shape index (κ1) is 19.8. The molecule has 26 heavy (non-hydrogen) atoms. The lowest BCUT2D eigenvalue weighted by Gasteiger charge is -2.06. The first-order chi connectivity index (χ1) is 12.4. The zero-order chi connectivity index (χ0) is 18.8. The van der Waals surface area contributed by atoms with Crippen molar-refractivity contribution in [1.29, 1.82) is 0 Å². The molecule has 0 aromatic heterocycles. The van der Waals surface area contributed by atoms with Gasteiger partial charge in [0.25, 0.3) is 0 Å². The third kappa shape index (κ3) is 7.14. The molecule has 3 heteroatoms. The van der Waals surface area contributed by atoms with Crippen LogP contribution in [0.15, 0.2) is 85.0 Å². The van der Waals surface area contributed by atoms with Gasteiger partial charge >= 0.3 is 6.18 Å². The molecule has 2 aromatic rings. The number of hydrogen-bond acceptors (Lipinski definition) is 0. The Balaban J connectivity index is 1.68. The third-order valence-corrected chi connectivity index (χ3v) is 3.98. The molecule has 0 atom stereocenters. The Morgan fingerprint density at radius 1 is 0.885 bits per heavy atom. The first-order valence-electron chi connectivity index (χ1n) is 8.64. The standard InChI is InChI=1S/C23H23F3/c1-19(9-5-7-13-20-11-3-2-4-12-20)10-6-8-14-21-15-17-22(18-16-21)23(24,25)26/h2-4,6-8,11-13,15-18H,1,5,9-10,14H2/b8-6-,13-7?. The Hall–Kier alpha value is -2.55. The topological polar surface area (TPSA) is 0 Å². The maximum atomic E-state index is 12.5. The summed E-state index contributed by atoms with van der Waals surface area (Å²) < 4.78 is 37.5. The van der Waals surface area contributed by atoms with Gasteiger partial charge in [-0.15, -0.1) is 0 Å². The average Bonchev–Trinajstić information content (AvgIpc) is 2.63. The summed E-state index contributed by atoms with van der Waals surface area (Å²) >= 11 is 0. The Kier molecular flexibility index (Phi) is 7.46. The quantitative estimate of drug-likeness (QED) is 0.437. The summed E-state index contributed by atoms with van der Waals surface area (Å²) in [6.45, 7) is 4.07. The number of hydrogen-bond donors (Lipinski definition) is 0. The van der Waals surface area contributed by atoms with Crippen molar-refractivity contribution in [2.75, 3.05) is 0 Å². The molecule has 0 saturated heterocycles. The lowest BCUT2D eigenvalue weighted by molar-refractivity contribution is -0.137. The van der Waals surface area contributed by atoms with Crippen LogP contribution in [0.25, 0.3) is 6.08 Å². The molecule has 0 aliphatic carbocycles. The molecule has 0 aliphatic heterocycles. The third-order valence-electron chi connectivity index (χ3n) is 3.98. The molecular formula is C23H23F3. The zero-order valence-corrected chi connectivity index (χ0v) is 14.7. The lowest BCUT2D eigenvalue weighted by atomic mass is 10.1. The highest BCUT2D eigenvalue weighted by molar-refractivity contribution is 5.48. The minimum absolute atomic E-state index is 0.609. The summed E-state index contributed by atoms with van der Waals surface area (Å²) in [6.07, 6.45) is 7.27. The maximum absolute atomic E-state index is 12.5. The van der Waals surface area contributed by atoms with Crippen molar-refractivity contribution >= 4 is 6.08 Å². The minimum atomic E-state index is -4.28. The van der Waals surface area contributed by atoms with Gasteiger partial charge in [0.15, 0.2) is 0 Å². The van der Waals surface area contributed by atoms with E-state index < -0.39 is 11.7 Å². The summed E-state index contributed by atoms with van der Waals surface area (Å²) in [5.74, 6) is 0. The molecule has 0 nitrogen and oxygen atoms in total. The van der Waals surface area contributed by atoms with E-state index in [1.807, 2.05) is 30.4 Å². The van der Waals surface area contributed by atoms with Gasteiger partial charge in [-0.1, -0.05) is 78.9 Å². The van der Waals surface area contributed by atoms with Crippen LogP contribution in [-0.2, 0) is 12.6 Å². The number of rotatable bonds is 8. The van der Waals surface area contributed by atoms with Crippen molar-refractivity contribution in [2.24, 2.45) is 0 Å². The van der Waals surface area contributed by atoms with Crippen molar-refractivity contribution in [2.45, 2.75) is 31.9 Å². The molecule has 0 bridgehead atoms. The molecule has 0 spiro atoms. The van der Waals surface area contributed by atoms with Crippen LogP contribution in [-0.4, -0.2) is 0 Å². The van der Waals surface area contributed by atoms with Crippen LogP contribution in [0.5, 0.6) is 0 Å². The van der Waals surface area contributed by atoms with E-state index >= 15 is 0 Å². The first-order valence-corrected chi connectivity index (χ1v) is 8.64. The second kappa shape index (κ2) is 9.81. The second-order valence-electron chi connectivity index (χ2n) is 6.18. The van der Waals surface area contributed by atoms with Gasteiger partial charge < -0.3 is 0 Å². The fourth-order valence-corrected chi connectivity index (χ4v) is 2.47. The van der Waals surface area contributed by atoms with Crippen molar-refractivity contribution in [3.05, 3.63) is 102 Å². The van der Waals surface area contributed by atoms with Gasteiger partial charge in [-0.05, 0) is 48.9 Å². The van der Waals surface area contributed by atoms with Gasteiger partial charge in [0, 0.05) is 0 Å². The zero-order valence-electron chi connectivity index (χ0n) is 14.7. The Morgan fingerprint density at radius 2 is 1.58 bits per heavy atom. The maximum Gasteiger partial charge on any atom is 0.416 e. The molecule has 0 aliphatic rings. The van der Waals surface area contributed by atoms with Crippen molar-refractivity contribution < 1.29 is 13.2 Å². The minimum Gasteiger partial charge on any atom is -0.166 e. The van der Waals surface area contributed by atoms with Crippen molar-refractivity contribution in [3.8, 4) is 0 Å². The molecule has 0 unspecified atom stereocenters. The largest absolute Gasteiger partial charge is 0.416 e. The van der Waals surface area contributed by atoms with Crippen LogP contribution in [0, 0.1) is 0 Å². The van der Waals surface area contributed by atoms with Crippen LogP contribution < -0.4 is 0 Å². The highest BCUT2D eigenvalue weighted by Gasteiger charge is 2.29.